The molecule has 22 heavy (non-hydrogen) atoms. The molecule has 118 valence electrons. The van der Waals surface area contributed by atoms with E-state index in [0.717, 1.165) is 35.2 Å². The quantitative estimate of drug-likeness (QED) is 0.782. The third kappa shape index (κ3) is 4.55. The lowest BCUT2D eigenvalue weighted by Gasteiger charge is -2.08. The lowest BCUT2D eigenvalue weighted by molar-refractivity contribution is -0.00000442. The monoisotopic (exact) mass is 379 g/mol. The standard InChI is InChI=1S/C16H20N4S.BrH/c1-12-6-8-13(9-7-12)14-11-21-16(18-14)20-19-15-5-3-2-4-10-17-15;/h6-9,11H,2-5,10H2,1H3,(H,17,19)(H,18,20);1H/p-1. The minimum Gasteiger partial charge on any atom is -1.00 e. The van der Waals surface area contributed by atoms with Gasteiger partial charge >= 0.3 is 0 Å². The van der Waals surface area contributed by atoms with Crippen LogP contribution in [-0.2, 0) is 0 Å². The molecule has 3 rings (SSSR count). The maximum atomic E-state index is 4.61. The Bertz CT molecular complexity index is 621. The van der Waals surface area contributed by atoms with Gasteiger partial charge in [0.2, 0.25) is 5.13 Å². The number of aliphatic imine (C=N–C) groups is 1. The highest BCUT2D eigenvalue weighted by Crippen LogP contribution is 2.24. The van der Waals surface area contributed by atoms with E-state index in [1.54, 1.807) is 11.3 Å². The first-order valence-corrected chi connectivity index (χ1v) is 8.27. The Hall–Kier alpha value is -1.40. The zero-order valence-corrected chi connectivity index (χ0v) is 15.0. The number of hydrogen-bond donors (Lipinski definition) is 2. The minimum absolute atomic E-state index is 0. The average molecular weight is 380 g/mol. The van der Waals surface area contributed by atoms with Crippen molar-refractivity contribution in [2.75, 3.05) is 12.0 Å². The minimum atomic E-state index is 0. The van der Waals surface area contributed by atoms with Crippen LogP contribution in [-0.4, -0.2) is 17.4 Å². The predicted octanol–water partition coefficient (Wildman–Crippen LogP) is 1.01. The second-order valence-corrected chi connectivity index (χ2v) is 6.15. The zero-order chi connectivity index (χ0) is 14.5. The second kappa shape index (κ2) is 8.29. The molecular formula is C16H20BrN4S-. The fraction of sp³-hybridized carbons (Fsp3) is 0.375. The molecule has 0 atom stereocenters. The molecule has 0 fully saturated rings. The summed E-state index contributed by atoms with van der Waals surface area (Å²) in [5.41, 5.74) is 9.79. The lowest BCUT2D eigenvalue weighted by Crippen LogP contribution is -3.00. The third-order valence-corrected chi connectivity index (χ3v) is 4.30. The van der Waals surface area contributed by atoms with Crippen molar-refractivity contribution in [1.82, 2.24) is 10.4 Å². The van der Waals surface area contributed by atoms with Gasteiger partial charge in [-0.1, -0.05) is 36.2 Å². The van der Waals surface area contributed by atoms with Crippen LogP contribution in [0.2, 0.25) is 0 Å². The summed E-state index contributed by atoms with van der Waals surface area (Å²) in [6.07, 6.45) is 4.69. The van der Waals surface area contributed by atoms with Crippen LogP contribution in [0.1, 0.15) is 31.2 Å². The number of thiazole rings is 1. The summed E-state index contributed by atoms with van der Waals surface area (Å²) < 4.78 is 0. The molecule has 0 amide bonds. The van der Waals surface area contributed by atoms with Crippen molar-refractivity contribution in [3.8, 4) is 11.3 Å². The molecule has 1 aromatic heterocycles. The smallest absolute Gasteiger partial charge is 0.202 e. The molecule has 2 heterocycles. The molecule has 0 radical (unpaired) electrons. The lowest BCUT2D eigenvalue weighted by atomic mass is 10.1. The Morgan fingerprint density at radius 2 is 1.86 bits per heavy atom. The highest BCUT2D eigenvalue weighted by Gasteiger charge is 2.06. The maximum Gasteiger partial charge on any atom is 0.202 e. The number of rotatable bonds is 3. The molecule has 0 aliphatic carbocycles. The normalized spacial score (nSPS) is 14.5. The van der Waals surface area contributed by atoms with Crippen LogP contribution in [0.4, 0.5) is 5.13 Å². The highest BCUT2D eigenvalue weighted by molar-refractivity contribution is 7.14. The van der Waals surface area contributed by atoms with Crippen LogP contribution >= 0.6 is 11.3 Å². The molecule has 4 nitrogen and oxygen atoms in total. The van der Waals surface area contributed by atoms with Gasteiger partial charge in [-0.05, 0) is 19.8 Å². The first kappa shape index (κ1) is 17.0. The Balaban J connectivity index is 0.00000176. The van der Waals surface area contributed by atoms with E-state index in [1.807, 2.05) is 0 Å². The molecule has 1 aromatic carbocycles. The number of benzene rings is 1. The van der Waals surface area contributed by atoms with E-state index in [1.165, 1.54) is 24.8 Å². The molecule has 6 heteroatoms. The van der Waals surface area contributed by atoms with E-state index in [9.17, 15) is 0 Å². The highest BCUT2D eigenvalue weighted by atomic mass is 79.9. The molecular weight excluding hydrogens is 360 g/mol. The van der Waals surface area contributed by atoms with Gasteiger partial charge in [0.25, 0.3) is 0 Å². The number of halogens is 1. The summed E-state index contributed by atoms with van der Waals surface area (Å²) in [5.74, 6) is 1.04. The van der Waals surface area contributed by atoms with E-state index < -0.39 is 0 Å². The molecule has 0 saturated heterocycles. The Morgan fingerprint density at radius 3 is 2.68 bits per heavy atom. The summed E-state index contributed by atoms with van der Waals surface area (Å²) in [5, 5.41) is 2.95. The van der Waals surface area contributed by atoms with Crippen LogP contribution < -0.4 is 27.8 Å². The topological polar surface area (TPSA) is 49.3 Å². The predicted molar refractivity (Wildman–Crippen MR) is 89.8 cm³/mol. The summed E-state index contributed by atoms with van der Waals surface area (Å²) >= 11 is 1.60. The molecule has 0 bridgehead atoms. The number of hydrogen-bond acceptors (Lipinski definition) is 5. The van der Waals surface area contributed by atoms with Gasteiger partial charge in [0.05, 0.1) is 5.69 Å². The first-order valence-electron chi connectivity index (χ1n) is 7.39. The Kier molecular flexibility index (Phi) is 6.39. The molecule has 0 unspecified atom stereocenters. The fourth-order valence-electron chi connectivity index (χ4n) is 2.29. The van der Waals surface area contributed by atoms with Gasteiger partial charge < -0.3 is 17.0 Å². The van der Waals surface area contributed by atoms with Crippen LogP contribution in [0.25, 0.3) is 11.3 Å². The van der Waals surface area contributed by atoms with Gasteiger partial charge in [-0.25, -0.2) is 4.98 Å². The van der Waals surface area contributed by atoms with Crippen molar-refractivity contribution in [2.24, 2.45) is 4.99 Å². The van der Waals surface area contributed by atoms with Crippen molar-refractivity contribution in [3.63, 3.8) is 0 Å². The Labute approximate surface area is 145 Å². The molecule has 1 aliphatic heterocycles. The van der Waals surface area contributed by atoms with Gasteiger partial charge in [-0.15, -0.1) is 11.3 Å². The van der Waals surface area contributed by atoms with Gasteiger partial charge in [0.1, 0.15) is 5.84 Å². The number of aryl methyl sites for hydroxylation is 1. The van der Waals surface area contributed by atoms with Gasteiger partial charge in [0.15, 0.2) is 0 Å². The number of nitrogens with one attached hydrogen (secondary N) is 2. The average Bonchev–Trinajstić information content (AvgIpc) is 2.81. The number of anilines is 1. The fourth-order valence-corrected chi connectivity index (χ4v) is 2.96. The van der Waals surface area contributed by atoms with E-state index in [4.69, 9.17) is 0 Å². The van der Waals surface area contributed by atoms with Crippen molar-refractivity contribution < 1.29 is 17.0 Å². The van der Waals surface area contributed by atoms with Crippen molar-refractivity contribution in [1.29, 1.82) is 0 Å². The van der Waals surface area contributed by atoms with E-state index in [0.29, 0.717) is 0 Å². The van der Waals surface area contributed by atoms with Gasteiger partial charge in [-0.2, -0.15) is 0 Å². The molecule has 0 spiro atoms. The molecule has 1 aliphatic rings. The van der Waals surface area contributed by atoms with Crippen molar-refractivity contribution in [3.05, 3.63) is 35.2 Å². The van der Waals surface area contributed by atoms with Crippen LogP contribution in [0.3, 0.4) is 0 Å². The van der Waals surface area contributed by atoms with Crippen molar-refractivity contribution >= 4 is 22.3 Å². The zero-order valence-electron chi connectivity index (χ0n) is 12.6. The van der Waals surface area contributed by atoms with E-state index in [2.05, 4.69) is 57.4 Å². The first-order chi connectivity index (χ1) is 10.3. The van der Waals surface area contributed by atoms with E-state index in [-0.39, 0.29) is 17.0 Å². The van der Waals surface area contributed by atoms with Crippen LogP contribution in [0, 0.1) is 6.92 Å². The van der Waals surface area contributed by atoms with Crippen LogP contribution in [0.15, 0.2) is 34.6 Å². The molecule has 0 saturated carbocycles. The van der Waals surface area contributed by atoms with E-state index >= 15 is 0 Å². The number of hydrazine groups is 1. The SMILES string of the molecule is Cc1ccc(-c2csc(NNC3=NCCCCC3)n2)cc1.[Br-]. The largest absolute Gasteiger partial charge is 1.00 e. The second-order valence-electron chi connectivity index (χ2n) is 5.29. The van der Waals surface area contributed by atoms with Gasteiger partial charge in [-0.3, -0.25) is 15.8 Å². The molecule has 2 aromatic rings. The van der Waals surface area contributed by atoms with Crippen molar-refractivity contribution in [2.45, 2.75) is 32.6 Å². The number of aromatic nitrogens is 1. The maximum absolute atomic E-state index is 4.61. The van der Waals surface area contributed by atoms with Crippen LogP contribution in [0.5, 0.6) is 0 Å². The number of amidine groups is 1. The van der Waals surface area contributed by atoms with Gasteiger partial charge in [0, 0.05) is 23.9 Å². The third-order valence-electron chi connectivity index (χ3n) is 3.54. The summed E-state index contributed by atoms with van der Waals surface area (Å²) in [6.45, 7) is 3.02. The molecule has 2 N–H and O–H groups in total. The number of nitrogens with zero attached hydrogens (tertiary/aromatic N) is 2. The summed E-state index contributed by atoms with van der Waals surface area (Å²) in [4.78, 5) is 9.14. The Morgan fingerprint density at radius 1 is 1.05 bits per heavy atom. The summed E-state index contributed by atoms with van der Waals surface area (Å²) in [7, 11) is 0. The summed E-state index contributed by atoms with van der Waals surface area (Å²) in [6, 6.07) is 8.44.